The van der Waals surface area contributed by atoms with Crippen LogP contribution < -0.4 is 0 Å². The molecule has 6 nitrogen and oxygen atoms in total. The van der Waals surface area contributed by atoms with Crippen LogP contribution in [-0.4, -0.2) is 38.1 Å². The van der Waals surface area contributed by atoms with E-state index in [4.69, 9.17) is 10.5 Å². The number of amides is 1. The van der Waals surface area contributed by atoms with Crippen molar-refractivity contribution >= 4 is 15.7 Å². The van der Waals surface area contributed by atoms with E-state index in [-0.39, 0.29) is 30.8 Å². The molecule has 0 radical (unpaired) electrons. The molecule has 0 fully saturated rings. The first-order valence-electron chi connectivity index (χ1n) is 6.30. The van der Waals surface area contributed by atoms with E-state index in [0.717, 1.165) is 0 Å². The van der Waals surface area contributed by atoms with Gasteiger partial charge in [0.05, 0.1) is 29.9 Å². The molecular weight excluding hydrogens is 290 g/mol. The number of nitriles is 2. The van der Waals surface area contributed by atoms with Crippen molar-refractivity contribution in [2.45, 2.75) is 17.7 Å². The van der Waals surface area contributed by atoms with Gasteiger partial charge in [0.2, 0.25) is 5.91 Å². The lowest BCUT2D eigenvalue weighted by Crippen LogP contribution is -2.37. The molecule has 1 aromatic rings. The molecule has 0 saturated carbocycles. The molecule has 7 heteroatoms. The first kappa shape index (κ1) is 16.7. The molecule has 0 aliphatic carbocycles. The van der Waals surface area contributed by atoms with Gasteiger partial charge in [0.25, 0.3) is 0 Å². The fraction of sp³-hybridized carbons (Fsp3) is 0.357. The zero-order chi connectivity index (χ0) is 15.7. The van der Waals surface area contributed by atoms with Gasteiger partial charge in [-0.15, -0.1) is 0 Å². The summed E-state index contributed by atoms with van der Waals surface area (Å²) in [6.07, 6.45) is 0.200. The van der Waals surface area contributed by atoms with Crippen molar-refractivity contribution in [3.05, 3.63) is 30.3 Å². The van der Waals surface area contributed by atoms with Gasteiger partial charge in [0, 0.05) is 13.1 Å². The molecular formula is C14H15N3O3S. The molecule has 0 aliphatic rings. The lowest BCUT2D eigenvalue weighted by atomic mass is 10.3. The Labute approximate surface area is 124 Å². The van der Waals surface area contributed by atoms with E-state index in [1.807, 2.05) is 12.1 Å². The normalized spacial score (nSPS) is 10.4. The SMILES string of the molecule is N#CCCN(CCC#N)C(=O)CS(=O)(=O)c1ccccc1. The van der Waals surface area contributed by atoms with E-state index in [1.165, 1.54) is 17.0 Å². The molecule has 1 amide bonds. The third kappa shape index (κ3) is 5.25. The van der Waals surface area contributed by atoms with Gasteiger partial charge in [-0.25, -0.2) is 8.42 Å². The Morgan fingerprint density at radius 2 is 1.57 bits per heavy atom. The molecule has 0 atom stereocenters. The van der Waals surface area contributed by atoms with Crippen LogP contribution in [0, 0.1) is 22.7 Å². The monoisotopic (exact) mass is 305 g/mol. The Kier molecular flexibility index (Phi) is 6.38. The van der Waals surface area contributed by atoms with E-state index in [0.29, 0.717) is 0 Å². The highest BCUT2D eigenvalue weighted by Crippen LogP contribution is 2.11. The smallest absolute Gasteiger partial charge is 0.238 e. The summed E-state index contributed by atoms with van der Waals surface area (Å²) in [7, 11) is -3.71. The van der Waals surface area contributed by atoms with Gasteiger partial charge in [-0.1, -0.05) is 18.2 Å². The molecule has 0 aliphatic heterocycles. The van der Waals surface area contributed by atoms with Crippen molar-refractivity contribution in [2.24, 2.45) is 0 Å². The summed E-state index contributed by atoms with van der Waals surface area (Å²) < 4.78 is 24.2. The molecule has 21 heavy (non-hydrogen) atoms. The van der Waals surface area contributed by atoms with Crippen LogP contribution in [0.4, 0.5) is 0 Å². The van der Waals surface area contributed by atoms with E-state index in [2.05, 4.69) is 0 Å². The zero-order valence-electron chi connectivity index (χ0n) is 11.4. The van der Waals surface area contributed by atoms with Gasteiger partial charge >= 0.3 is 0 Å². The molecule has 0 bridgehead atoms. The lowest BCUT2D eigenvalue weighted by Gasteiger charge is -2.20. The first-order valence-corrected chi connectivity index (χ1v) is 7.96. The standard InChI is InChI=1S/C14H15N3O3S/c15-8-4-10-17(11-5-9-16)14(18)12-21(19,20)13-6-2-1-3-7-13/h1-3,6-7H,4-5,10-12H2. The highest BCUT2D eigenvalue weighted by molar-refractivity contribution is 7.92. The maximum atomic E-state index is 12.1. The first-order chi connectivity index (χ1) is 10.0. The molecule has 0 saturated heterocycles. The van der Waals surface area contributed by atoms with Gasteiger partial charge in [-0.3, -0.25) is 4.79 Å². The summed E-state index contributed by atoms with van der Waals surface area (Å²) in [6, 6.07) is 11.5. The van der Waals surface area contributed by atoms with E-state index < -0.39 is 21.5 Å². The van der Waals surface area contributed by atoms with Crippen LogP contribution in [0.5, 0.6) is 0 Å². The largest absolute Gasteiger partial charge is 0.340 e. The number of carbonyl (C=O) groups is 1. The number of hydrogen-bond acceptors (Lipinski definition) is 5. The minimum Gasteiger partial charge on any atom is -0.340 e. The minimum atomic E-state index is -3.71. The molecule has 0 spiro atoms. The average Bonchev–Trinajstić information content (AvgIpc) is 2.47. The van der Waals surface area contributed by atoms with Crippen molar-refractivity contribution in [3.8, 4) is 12.1 Å². The lowest BCUT2D eigenvalue weighted by molar-refractivity contribution is -0.128. The van der Waals surface area contributed by atoms with Crippen LogP contribution in [0.1, 0.15) is 12.8 Å². The van der Waals surface area contributed by atoms with Crippen LogP contribution in [0.15, 0.2) is 35.2 Å². The van der Waals surface area contributed by atoms with Crippen molar-refractivity contribution in [3.63, 3.8) is 0 Å². The number of benzene rings is 1. The van der Waals surface area contributed by atoms with Crippen molar-refractivity contribution in [1.29, 1.82) is 10.5 Å². The summed E-state index contributed by atoms with van der Waals surface area (Å²) in [5, 5.41) is 17.1. The van der Waals surface area contributed by atoms with E-state index in [9.17, 15) is 13.2 Å². The average molecular weight is 305 g/mol. The molecule has 0 N–H and O–H groups in total. The number of rotatable bonds is 7. The van der Waals surface area contributed by atoms with Gasteiger partial charge in [0.1, 0.15) is 5.75 Å². The Balaban J connectivity index is 2.81. The molecule has 1 aromatic carbocycles. The Morgan fingerprint density at radius 1 is 1.05 bits per heavy atom. The predicted octanol–water partition coefficient (Wildman–Crippen LogP) is 1.12. The Bertz CT molecular complexity index is 639. The zero-order valence-corrected chi connectivity index (χ0v) is 12.2. The number of hydrogen-bond donors (Lipinski definition) is 0. The van der Waals surface area contributed by atoms with Crippen LogP contribution in [0.3, 0.4) is 0 Å². The Morgan fingerprint density at radius 3 is 2.05 bits per heavy atom. The third-order valence-electron chi connectivity index (χ3n) is 2.76. The van der Waals surface area contributed by atoms with E-state index >= 15 is 0 Å². The summed E-state index contributed by atoms with van der Waals surface area (Å²) in [6.45, 7) is 0.253. The predicted molar refractivity (Wildman–Crippen MR) is 75.5 cm³/mol. The highest BCUT2D eigenvalue weighted by atomic mass is 32.2. The molecule has 110 valence electrons. The third-order valence-corrected chi connectivity index (χ3v) is 4.37. The fourth-order valence-corrected chi connectivity index (χ4v) is 2.94. The molecule has 0 heterocycles. The Hall–Kier alpha value is -2.38. The van der Waals surface area contributed by atoms with Crippen LogP contribution in [0.2, 0.25) is 0 Å². The maximum Gasteiger partial charge on any atom is 0.238 e. The second kappa shape index (κ2) is 8.03. The van der Waals surface area contributed by atoms with Crippen molar-refractivity contribution in [1.82, 2.24) is 4.90 Å². The van der Waals surface area contributed by atoms with E-state index in [1.54, 1.807) is 18.2 Å². The van der Waals surface area contributed by atoms with Crippen LogP contribution >= 0.6 is 0 Å². The summed E-state index contributed by atoms with van der Waals surface area (Å²) >= 11 is 0. The number of carbonyl (C=O) groups excluding carboxylic acids is 1. The van der Waals surface area contributed by atoms with Gasteiger partial charge in [0.15, 0.2) is 9.84 Å². The number of nitrogens with zero attached hydrogens (tertiary/aromatic N) is 3. The maximum absolute atomic E-state index is 12.1. The fourth-order valence-electron chi connectivity index (χ4n) is 1.70. The quantitative estimate of drug-likeness (QED) is 0.751. The van der Waals surface area contributed by atoms with Crippen LogP contribution in [0.25, 0.3) is 0 Å². The van der Waals surface area contributed by atoms with Gasteiger partial charge in [-0.05, 0) is 12.1 Å². The summed E-state index contributed by atoms with van der Waals surface area (Å²) in [4.78, 5) is 13.4. The highest BCUT2D eigenvalue weighted by Gasteiger charge is 2.23. The minimum absolute atomic E-state index is 0.0823. The van der Waals surface area contributed by atoms with Crippen molar-refractivity contribution < 1.29 is 13.2 Å². The molecule has 0 unspecified atom stereocenters. The second-order valence-electron chi connectivity index (χ2n) is 4.27. The van der Waals surface area contributed by atoms with Crippen molar-refractivity contribution in [2.75, 3.05) is 18.8 Å². The molecule has 0 aromatic heterocycles. The van der Waals surface area contributed by atoms with Gasteiger partial charge < -0.3 is 4.90 Å². The summed E-state index contributed by atoms with van der Waals surface area (Å²) in [5.74, 6) is -1.25. The van der Waals surface area contributed by atoms with Gasteiger partial charge in [-0.2, -0.15) is 10.5 Å². The molecule has 1 rings (SSSR count). The number of sulfone groups is 1. The summed E-state index contributed by atoms with van der Waals surface area (Å²) in [5.41, 5.74) is 0. The van der Waals surface area contributed by atoms with Crippen LogP contribution in [-0.2, 0) is 14.6 Å². The second-order valence-corrected chi connectivity index (χ2v) is 6.26. The topological polar surface area (TPSA) is 102 Å².